The summed E-state index contributed by atoms with van der Waals surface area (Å²) in [6, 6.07) is 0. The highest BCUT2D eigenvalue weighted by Gasteiger charge is 2.34. The number of hydrogen-bond donors (Lipinski definition) is 0. The Morgan fingerprint density at radius 1 is 0.593 bits per heavy atom. The fourth-order valence-corrected chi connectivity index (χ4v) is 2.31. The van der Waals surface area contributed by atoms with E-state index in [1.54, 1.807) is 0 Å². The van der Waals surface area contributed by atoms with Crippen molar-refractivity contribution in [3.05, 3.63) is 0 Å². The van der Waals surface area contributed by atoms with Gasteiger partial charge in [-0.2, -0.15) is 0 Å². The van der Waals surface area contributed by atoms with Gasteiger partial charge in [0.05, 0.1) is 5.41 Å². The number of hydrogen-bond acceptors (Lipinski definition) is 6. The third-order valence-corrected chi connectivity index (χ3v) is 4.57. The molecule has 6 nitrogen and oxygen atoms in total. The van der Waals surface area contributed by atoms with Crippen LogP contribution in [0.3, 0.4) is 0 Å². The van der Waals surface area contributed by atoms with Gasteiger partial charge in [0.1, 0.15) is 19.8 Å². The van der Waals surface area contributed by atoms with Gasteiger partial charge in [0.15, 0.2) is 0 Å². The maximum absolute atomic E-state index is 11.9. The van der Waals surface area contributed by atoms with Crippen molar-refractivity contribution in [2.24, 2.45) is 5.41 Å². The van der Waals surface area contributed by atoms with Crippen LogP contribution in [-0.4, -0.2) is 37.7 Å². The Balaban J connectivity index is 4.82. The van der Waals surface area contributed by atoms with Gasteiger partial charge in [0.2, 0.25) is 0 Å². The van der Waals surface area contributed by atoms with Gasteiger partial charge in [-0.05, 0) is 25.7 Å². The van der Waals surface area contributed by atoms with Gasteiger partial charge in [-0.1, -0.05) is 47.0 Å². The van der Waals surface area contributed by atoms with E-state index in [1.807, 2.05) is 27.7 Å². The monoisotopic (exact) mass is 386 g/mol. The smallest absolute Gasteiger partial charge is 0.305 e. The Hall–Kier alpha value is -1.59. The van der Waals surface area contributed by atoms with Gasteiger partial charge < -0.3 is 14.2 Å². The Morgan fingerprint density at radius 2 is 0.889 bits per heavy atom. The molecular weight excluding hydrogens is 348 g/mol. The normalized spacial score (nSPS) is 11.1. The van der Waals surface area contributed by atoms with Crippen molar-refractivity contribution in [2.45, 2.75) is 91.9 Å². The molecule has 0 fully saturated rings. The summed E-state index contributed by atoms with van der Waals surface area (Å²) in [6.45, 7) is 8.18. The second kappa shape index (κ2) is 15.5. The lowest BCUT2D eigenvalue weighted by atomic mass is 9.88. The van der Waals surface area contributed by atoms with Gasteiger partial charge in [-0.25, -0.2) is 0 Å². The van der Waals surface area contributed by atoms with Gasteiger partial charge in [0.25, 0.3) is 0 Å². The Bertz CT molecular complexity index is 373. The van der Waals surface area contributed by atoms with Crippen LogP contribution in [0.4, 0.5) is 0 Å². The van der Waals surface area contributed by atoms with Gasteiger partial charge in [0, 0.05) is 19.3 Å². The average Bonchev–Trinajstić information content (AvgIpc) is 2.68. The number of esters is 3. The summed E-state index contributed by atoms with van der Waals surface area (Å²) in [6.07, 6.45) is 6.72. The van der Waals surface area contributed by atoms with Crippen LogP contribution in [0, 0.1) is 5.41 Å². The van der Waals surface area contributed by atoms with Gasteiger partial charge in [-0.15, -0.1) is 0 Å². The number of carbonyl (C=O) groups excluding carboxylic acids is 3. The Kier molecular flexibility index (Phi) is 14.6. The standard InChI is InChI=1S/C21H38O6/c1-5-9-12-18(22)25-15-21(8-4,16-26-19(23)13-10-6-2)17-27-20(24)14-11-7-3/h5-17H2,1-4H3. The molecule has 0 aliphatic carbocycles. The largest absolute Gasteiger partial charge is 0.465 e. The molecule has 0 aliphatic rings. The van der Waals surface area contributed by atoms with E-state index in [2.05, 4.69) is 0 Å². The molecule has 0 rings (SSSR count). The van der Waals surface area contributed by atoms with Crippen LogP contribution in [0.1, 0.15) is 91.9 Å². The molecule has 27 heavy (non-hydrogen) atoms. The molecule has 0 spiro atoms. The number of rotatable bonds is 16. The molecule has 0 aliphatic heterocycles. The summed E-state index contributed by atoms with van der Waals surface area (Å²) in [5.41, 5.74) is -0.703. The molecule has 0 bridgehead atoms. The van der Waals surface area contributed by atoms with Crippen LogP contribution < -0.4 is 0 Å². The molecule has 0 aromatic rings. The van der Waals surface area contributed by atoms with Crippen LogP contribution in [0.25, 0.3) is 0 Å². The van der Waals surface area contributed by atoms with Crippen molar-refractivity contribution >= 4 is 17.9 Å². The molecule has 0 atom stereocenters. The SMILES string of the molecule is CCCCC(=O)OCC(CC)(COC(=O)CCCC)COC(=O)CCCC. The van der Waals surface area contributed by atoms with Crippen molar-refractivity contribution in [1.82, 2.24) is 0 Å². The van der Waals surface area contributed by atoms with E-state index in [9.17, 15) is 14.4 Å². The van der Waals surface area contributed by atoms with Crippen LogP contribution in [0.5, 0.6) is 0 Å². The third kappa shape index (κ3) is 12.4. The van der Waals surface area contributed by atoms with Gasteiger partial charge >= 0.3 is 17.9 Å². The zero-order chi connectivity index (χ0) is 20.5. The molecule has 158 valence electrons. The van der Waals surface area contributed by atoms with E-state index in [0.29, 0.717) is 25.7 Å². The summed E-state index contributed by atoms with van der Waals surface area (Å²) in [7, 11) is 0. The van der Waals surface area contributed by atoms with E-state index in [0.717, 1.165) is 38.5 Å². The first kappa shape index (κ1) is 25.4. The van der Waals surface area contributed by atoms with Crippen molar-refractivity contribution in [3.8, 4) is 0 Å². The number of unbranched alkanes of at least 4 members (excludes halogenated alkanes) is 3. The fraction of sp³-hybridized carbons (Fsp3) is 0.857. The van der Waals surface area contributed by atoms with Crippen LogP contribution in [0.2, 0.25) is 0 Å². The van der Waals surface area contributed by atoms with E-state index < -0.39 is 5.41 Å². The lowest BCUT2D eigenvalue weighted by Gasteiger charge is -2.31. The van der Waals surface area contributed by atoms with E-state index in [1.165, 1.54) is 0 Å². The Labute approximate surface area is 164 Å². The van der Waals surface area contributed by atoms with E-state index >= 15 is 0 Å². The zero-order valence-corrected chi connectivity index (χ0v) is 17.6. The molecule has 0 amide bonds. The Morgan fingerprint density at radius 3 is 1.11 bits per heavy atom. The third-order valence-electron chi connectivity index (χ3n) is 4.57. The van der Waals surface area contributed by atoms with Crippen LogP contribution in [-0.2, 0) is 28.6 Å². The summed E-state index contributed by atoms with van der Waals surface area (Å²) < 4.78 is 16.2. The molecule has 6 heteroatoms. The van der Waals surface area contributed by atoms with Crippen LogP contribution in [0.15, 0.2) is 0 Å². The molecule has 0 N–H and O–H groups in total. The molecule has 0 aromatic heterocycles. The first-order valence-electron chi connectivity index (χ1n) is 10.4. The summed E-state index contributed by atoms with van der Waals surface area (Å²) in [5.74, 6) is -0.821. The number of ether oxygens (including phenoxy) is 3. The molecule has 0 saturated heterocycles. The maximum Gasteiger partial charge on any atom is 0.305 e. The first-order valence-corrected chi connectivity index (χ1v) is 10.4. The van der Waals surface area contributed by atoms with Crippen molar-refractivity contribution in [1.29, 1.82) is 0 Å². The highest BCUT2D eigenvalue weighted by atomic mass is 16.6. The summed E-state index contributed by atoms with van der Waals surface area (Å²) in [5, 5.41) is 0. The first-order chi connectivity index (χ1) is 12.9. The highest BCUT2D eigenvalue weighted by molar-refractivity contribution is 5.70. The van der Waals surface area contributed by atoms with E-state index in [4.69, 9.17) is 14.2 Å². The quantitative estimate of drug-likeness (QED) is 0.285. The molecule has 0 heterocycles. The van der Waals surface area contributed by atoms with Crippen molar-refractivity contribution < 1.29 is 28.6 Å². The predicted octanol–water partition coefficient (Wildman–Crippen LogP) is 4.58. The minimum atomic E-state index is -0.703. The van der Waals surface area contributed by atoms with Crippen LogP contribution >= 0.6 is 0 Å². The predicted molar refractivity (Wildman–Crippen MR) is 104 cm³/mol. The molecule has 0 radical (unpaired) electrons. The lowest BCUT2D eigenvalue weighted by molar-refractivity contribution is -0.162. The molecule has 0 saturated carbocycles. The lowest BCUT2D eigenvalue weighted by Crippen LogP contribution is -2.39. The maximum atomic E-state index is 11.9. The van der Waals surface area contributed by atoms with Gasteiger partial charge in [-0.3, -0.25) is 14.4 Å². The second-order valence-electron chi connectivity index (χ2n) is 7.15. The zero-order valence-electron chi connectivity index (χ0n) is 17.6. The average molecular weight is 387 g/mol. The molecule has 0 aromatic carbocycles. The minimum Gasteiger partial charge on any atom is -0.465 e. The van der Waals surface area contributed by atoms with Crippen molar-refractivity contribution in [2.75, 3.05) is 19.8 Å². The molecule has 0 unspecified atom stereocenters. The number of carbonyl (C=O) groups is 3. The van der Waals surface area contributed by atoms with E-state index in [-0.39, 0.29) is 37.7 Å². The minimum absolute atomic E-state index is 0.0775. The highest BCUT2D eigenvalue weighted by Crippen LogP contribution is 2.25. The fourth-order valence-electron chi connectivity index (χ4n) is 2.31. The summed E-state index contributed by atoms with van der Waals surface area (Å²) >= 11 is 0. The summed E-state index contributed by atoms with van der Waals surface area (Å²) in [4.78, 5) is 35.7. The topological polar surface area (TPSA) is 78.9 Å². The second-order valence-corrected chi connectivity index (χ2v) is 7.15. The van der Waals surface area contributed by atoms with Crippen molar-refractivity contribution in [3.63, 3.8) is 0 Å². The molecular formula is C21H38O6.